The van der Waals surface area contributed by atoms with Crippen LogP contribution in [-0.4, -0.2) is 5.97 Å². The summed E-state index contributed by atoms with van der Waals surface area (Å²) in [4.78, 5) is 11.1. The highest BCUT2D eigenvalue weighted by Gasteiger charge is 2.20. The Balaban J connectivity index is 0.000000980. The molecule has 1 aromatic rings. The number of hydrogen-bond acceptors (Lipinski definition) is 2. The molecular formula is C12H14O2. The van der Waals surface area contributed by atoms with Crippen molar-refractivity contribution in [2.45, 2.75) is 20.5 Å². The first kappa shape index (κ1) is 10.5. The van der Waals surface area contributed by atoms with Crippen molar-refractivity contribution in [1.29, 1.82) is 0 Å². The van der Waals surface area contributed by atoms with Crippen LogP contribution in [0.15, 0.2) is 30.9 Å². The molecule has 0 bridgehead atoms. The highest BCUT2D eigenvalue weighted by atomic mass is 16.5. The van der Waals surface area contributed by atoms with Crippen LogP contribution in [0.2, 0.25) is 0 Å². The molecule has 2 rings (SSSR count). The number of benzene rings is 1. The Morgan fingerprint density at radius 1 is 1.50 bits per heavy atom. The second-order valence-corrected chi connectivity index (χ2v) is 3.06. The van der Waals surface area contributed by atoms with Gasteiger partial charge in [-0.1, -0.05) is 25.6 Å². The quantitative estimate of drug-likeness (QED) is 0.529. The number of fused-ring (bicyclic) bond motifs is 1. The summed E-state index contributed by atoms with van der Waals surface area (Å²) in [6.07, 6.45) is 2.68. The maximum absolute atomic E-state index is 11.1. The average Bonchev–Trinajstić information content (AvgIpc) is 2.48. The van der Waals surface area contributed by atoms with Gasteiger partial charge in [0.05, 0.1) is 5.56 Å². The third-order valence-electron chi connectivity index (χ3n) is 2.13. The van der Waals surface area contributed by atoms with Gasteiger partial charge in [0.1, 0.15) is 6.61 Å². The van der Waals surface area contributed by atoms with Crippen LogP contribution in [0.25, 0.3) is 0 Å². The lowest BCUT2D eigenvalue weighted by Crippen LogP contribution is -1.93. The first-order valence-electron chi connectivity index (χ1n) is 4.21. The van der Waals surface area contributed by atoms with Gasteiger partial charge in [0.25, 0.3) is 0 Å². The SMILES string of the molecule is C.C=CCc1ccc2c(c1)COC2=O. The van der Waals surface area contributed by atoms with Gasteiger partial charge in [-0.05, 0) is 18.1 Å². The summed E-state index contributed by atoms with van der Waals surface area (Å²) in [7, 11) is 0. The number of rotatable bonds is 2. The zero-order valence-electron chi connectivity index (χ0n) is 7.25. The topological polar surface area (TPSA) is 26.3 Å². The second kappa shape index (κ2) is 4.09. The number of ether oxygens (including phenoxy) is 1. The van der Waals surface area contributed by atoms with Gasteiger partial charge in [-0.15, -0.1) is 6.58 Å². The van der Waals surface area contributed by atoms with Gasteiger partial charge in [-0.2, -0.15) is 0 Å². The van der Waals surface area contributed by atoms with Crippen LogP contribution >= 0.6 is 0 Å². The fraction of sp³-hybridized carbons (Fsp3) is 0.250. The molecule has 0 aromatic heterocycles. The van der Waals surface area contributed by atoms with E-state index in [2.05, 4.69) is 6.58 Å². The van der Waals surface area contributed by atoms with E-state index >= 15 is 0 Å². The molecule has 0 radical (unpaired) electrons. The third-order valence-corrected chi connectivity index (χ3v) is 2.13. The van der Waals surface area contributed by atoms with Crippen LogP contribution in [0, 0.1) is 0 Å². The van der Waals surface area contributed by atoms with Gasteiger partial charge in [0, 0.05) is 5.56 Å². The van der Waals surface area contributed by atoms with Crippen LogP contribution in [0.3, 0.4) is 0 Å². The first-order chi connectivity index (χ1) is 6.31. The smallest absolute Gasteiger partial charge is 0.338 e. The van der Waals surface area contributed by atoms with Crippen LogP contribution in [0.1, 0.15) is 28.9 Å². The fourth-order valence-electron chi connectivity index (χ4n) is 1.48. The largest absolute Gasteiger partial charge is 0.457 e. The number of allylic oxidation sites excluding steroid dienone is 1. The maximum atomic E-state index is 11.1. The molecule has 1 aliphatic rings. The Kier molecular flexibility index (Phi) is 3.07. The van der Waals surface area contributed by atoms with E-state index in [0.29, 0.717) is 12.2 Å². The molecule has 0 saturated heterocycles. The first-order valence-corrected chi connectivity index (χ1v) is 4.21. The van der Waals surface area contributed by atoms with Crippen molar-refractivity contribution in [2.24, 2.45) is 0 Å². The monoisotopic (exact) mass is 190 g/mol. The normalized spacial score (nSPS) is 12.7. The lowest BCUT2D eigenvalue weighted by molar-refractivity contribution is 0.0535. The van der Waals surface area contributed by atoms with Crippen molar-refractivity contribution < 1.29 is 9.53 Å². The van der Waals surface area contributed by atoms with E-state index in [9.17, 15) is 4.79 Å². The van der Waals surface area contributed by atoms with Crippen LogP contribution < -0.4 is 0 Å². The molecule has 1 aromatic carbocycles. The van der Waals surface area contributed by atoms with Gasteiger partial charge in [-0.3, -0.25) is 0 Å². The summed E-state index contributed by atoms with van der Waals surface area (Å²) in [6, 6.07) is 5.76. The Hall–Kier alpha value is -1.57. The Morgan fingerprint density at radius 2 is 2.29 bits per heavy atom. The molecule has 14 heavy (non-hydrogen) atoms. The van der Waals surface area contributed by atoms with E-state index in [4.69, 9.17) is 4.74 Å². The molecule has 2 heteroatoms. The van der Waals surface area contributed by atoms with Gasteiger partial charge in [0.2, 0.25) is 0 Å². The molecule has 1 aliphatic heterocycles. The van der Waals surface area contributed by atoms with E-state index in [-0.39, 0.29) is 13.4 Å². The Morgan fingerprint density at radius 3 is 3.00 bits per heavy atom. The van der Waals surface area contributed by atoms with Crippen molar-refractivity contribution in [1.82, 2.24) is 0 Å². The molecule has 0 unspecified atom stereocenters. The summed E-state index contributed by atoms with van der Waals surface area (Å²) in [6.45, 7) is 4.08. The van der Waals surface area contributed by atoms with Crippen LogP contribution in [0.4, 0.5) is 0 Å². The minimum absolute atomic E-state index is 0. The molecule has 0 aliphatic carbocycles. The van der Waals surface area contributed by atoms with Crippen LogP contribution in [0.5, 0.6) is 0 Å². The molecule has 74 valence electrons. The molecule has 1 heterocycles. The standard InChI is InChI=1S/C11H10O2.CH4/c1-2-3-8-4-5-10-9(6-8)7-13-11(10)12;/h2,4-6H,1,3,7H2;1H4. The number of carbonyl (C=O) groups excluding carboxylic acids is 1. The zero-order valence-corrected chi connectivity index (χ0v) is 7.25. The number of cyclic esters (lactones) is 1. The molecule has 0 atom stereocenters. The summed E-state index contributed by atoms with van der Waals surface area (Å²) in [5, 5.41) is 0. The number of carbonyl (C=O) groups is 1. The lowest BCUT2D eigenvalue weighted by atomic mass is 10.0. The summed E-state index contributed by atoms with van der Waals surface area (Å²) in [5.74, 6) is -0.208. The van der Waals surface area contributed by atoms with E-state index < -0.39 is 0 Å². The maximum Gasteiger partial charge on any atom is 0.338 e. The van der Waals surface area contributed by atoms with E-state index in [0.717, 1.165) is 12.0 Å². The van der Waals surface area contributed by atoms with E-state index in [1.165, 1.54) is 5.56 Å². The van der Waals surface area contributed by atoms with Gasteiger partial charge in [-0.25, -0.2) is 4.79 Å². The molecule has 0 amide bonds. The van der Waals surface area contributed by atoms with Crippen molar-refractivity contribution in [3.63, 3.8) is 0 Å². The van der Waals surface area contributed by atoms with Crippen molar-refractivity contribution >= 4 is 5.97 Å². The number of esters is 1. The van der Waals surface area contributed by atoms with Crippen molar-refractivity contribution in [3.05, 3.63) is 47.5 Å². The lowest BCUT2D eigenvalue weighted by Gasteiger charge is -1.98. The number of hydrogen-bond donors (Lipinski definition) is 0. The molecular weight excluding hydrogens is 176 g/mol. The second-order valence-electron chi connectivity index (χ2n) is 3.06. The Bertz CT molecular complexity index is 367. The zero-order chi connectivity index (χ0) is 9.26. The summed E-state index contributed by atoms with van der Waals surface area (Å²) in [5.41, 5.74) is 2.87. The molecule has 0 spiro atoms. The van der Waals surface area contributed by atoms with Crippen molar-refractivity contribution in [3.8, 4) is 0 Å². The minimum atomic E-state index is -0.208. The highest BCUT2D eigenvalue weighted by molar-refractivity contribution is 5.93. The van der Waals surface area contributed by atoms with E-state index in [1.54, 1.807) is 0 Å². The highest BCUT2D eigenvalue weighted by Crippen LogP contribution is 2.21. The molecule has 0 saturated carbocycles. The fourth-order valence-corrected chi connectivity index (χ4v) is 1.48. The molecule has 0 fully saturated rings. The van der Waals surface area contributed by atoms with Crippen LogP contribution in [-0.2, 0) is 17.8 Å². The Labute approximate surface area is 84.2 Å². The average molecular weight is 190 g/mol. The van der Waals surface area contributed by atoms with Gasteiger partial charge >= 0.3 is 5.97 Å². The predicted molar refractivity (Wildman–Crippen MR) is 56.2 cm³/mol. The minimum Gasteiger partial charge on any atom is -0.457 e. The molecule has 2 nitrogen and oxygen atoms in total. The van der Waals surface area contributed by atoms with Crippen molar-refractivity contribution in [2.75, 3.05) is 0 Å². The predicted octanol–water partition coefficient (Wildman–Crippen LogP) is 2.72. The molecule has 0 N–H and O–H groups in total. The van der Waals surface area contributed by atoms with Gasteiger partial charge < -0.3 is 4.74 Å². The summed E-state index contributed by atoms with van der Waals surface area (Å²) < 4.78 is 4.89. The van der Waals surface area contributed by atoms with Gasteiger partial charge in [0.15, 0.2) is 0 Å². The third kappa shape index (κ3) is 1.69. The van der Waals surface area contributed by atoms with E-state index in [1.807, 2.05) is 24.3 Å². The summed E-state index contributed by atoms with van der Waals surface area (Å²) >= 11 is 0.